The van der Waals surface area contributed by atoms with Gasteiger partial charge in [-0.25, -0.2) is 0 Å². The number of ether oxygens (including phenoxy) is 6. The molecule has 0 spiro atoms. The topological polar surface area (TPSA) is 307 Å². The van der Waals surface area contributed by atoms with E-state index in [0.29, 0.717) is 12.8 Å². The Labute approximate surface area is 439 Å². The van der Waals surface area contributed by atoms with E-state index in [-0.39, 0.29) is 18.9 Å². The molecule has 1 amide bonds. The summed E-state index contributed by atoms with van der Waals surface area (Å²) >= 11 is 0. The molecule has 0 bridgehead atoms. The third kappa shape index (κ3) is 23.6. The highest BCUT2D eigenvalue weighted by Gasteiger charge is 2.53. The lowest BCUT2D eigenvalue weighted by Gasteiger charge is -2.48. The van der Waals surface area contributed by atoms with E-state index in [9.17, 15) is 61.0 Å². The molecule has 3 aliphatic rings. The summed E-state index contributed by atoms with van der Waals surface area (Å²) in [6.07, 6.45) is 16.0. The van der Waals surface area contributed by atoms with Crippen LogP contribution < -0.4 is 5.32 Å². The van der Waals surface area contributed by atoms with Crippen LogP contribution in [0.5, 0.6) is 0 Å². The average Bonchev–Trinajstić information content (AvgIpc) is 3.40. The number of aliphatic hydroxyl groups is 11. The van der Waals surface area contributed by atoms with E-state index in [4.69, 9.17) is 28.4 Å². The number of carbonyl (C=O) groups excluding carboxylic acids is 1. The molecule has 0 aromatic carbocycles. The van der Waals surface area contributed by atoms with Crippen molar-refractivity contribution in [2.24, 2.45) is 0 Å². The highest BCUT2D eigenvalue weighted by Crippen LogP contribution is 2.33. The van der Waals surface area contributed by atoms with E-state index in [1.54, 1.807) is 6.08 Å². The van der Waals surface area contributed by atoms with E-state index in [2.05, 4.69) is 60.8 Å². The van der Waals surface area contributed by atoms with Crippen LogP contribution in [-0.4, -0.2) is 193 Å². The molecule has 12 N–H and O–H groups in total. The Morgan fingerprint density at radius 2 is 0.932 bits per heavy atom. The predicted octanol–water partition coefficient (Wildman–Crippen LogP) is 3.31. The van der Waals surface area contributed by atoms with E-state index in [1.165, 1.54) is 51.4 Å². The first kappa shape index (κ1) is 65.8. The Morgan fingerprint density at radius 1 is 0.500 bits per heavy atom. The Bertz CT molecular complexity index is 1590. The zero-order valence-electron chi connectivity index (χ0n) is 44.0. The number of unbranched alkanes of at least 4 members (excludes halogenated alkanes) is 14. The number of hydrogen-bond acceptors (Lipinski definition) is 18. The molecule has 3 aliphatic heterocycles. The van der Waals surface area contributed by atoms with Crippen molar-refractivity contribution in [3.8, 4) is 0 Å². The van der Waals surface area contributed by atoms with Gasteiger partial charge in [0.15, 0.2) is 18.9 Å². The smallest absolute Gasteiger partial charge is 0.220 e. The number of hydrogen-bond donors (Lipinski definition) is 12. The standard InChI is InChI=1S/C55H95NO18/c1-3-5-7-9-10-11-12-13-14-15-16-17-18-19-20-21-22-23-24-25-26-27-28-29-31-33-43(61)56-38(39(60)32-30-8-6-4-2)37-69-53-49(67)46(64)51(41(35-58)71-53)74-55-50(68)47(65)52(42(36-59)72-55)73-54-48(66)45(63)44(62)40(34-57)70-54/h5,7,10-11,13-14,16-17,30,32,38-42,44-55,57-60,62-68H,3-4,6,8-9,12,15,18-29,31,33-37H2,1-2H3,(H,56,61)/b7-5-,11-10-,14-13-,17-16-,32-30+. The van der Waals surface area contributed by atoms with Gasteiger partial charge < -0.3 is 89.9 Å². The molecule has 428 valence electrons. The molecule has 3 fully saturated rings. The van der Waals surface area contributed by atoms with Crippen molar-refractivity contribution in [3.63, 3.8) is 0 Å². The van der Waals surface area contributed by atoms with Gasteiger partial charge in [0.1, 0.15) is 73.2 Å². The molecular weight excluding hydrogens is 963 g/mol. The fourth-order valence-corrected chi connectivity index (χ4v) is 8.99. The Hall–Kier alpha value is -2.51. The second kappa shape index (κ2) is 38.9. The first-order chi connectivity index (χ1) is 35.8. The van der Waals surface area contributed by atoms with Gasteiger partial charge in [-0.3, -0.25) is 4.79 Å². The molecule has 0 aliphatic carbocycles. The fraction of sp³-hybridized carbons (Fsp3) is 0.800. The summed E-state index contributed by atoms with van der Waals surface area (Å²) in [6.45, 7) is 1.40. The van der Waals surface area contributed by atoms with Gasteiger partial charge >= 0.3 is 0 Å². The highest BCUT2D eigenvalue weighted by molar-refractivity contribution is 5.76. The summed E-state index contributed by atoms with van der Waals surface area (Å²) < 4.78 is 34.0. The van der Waals surface area contributed by atoms with Gasteiger partial charge in [0.2, 0.25) is 5.91 Å². The lowest BCUT2D eigenvalue weighted by Crippen LogP contribution is -2.66. The van der Waals surface area contributed by atoms with Crippen molar-refractivity contribution in [1.82, 2.24) is 5.32 Å². The largest absolute Gasteiger partial charge is 0.394 e. The first-order valence-electron chi connectivity index (χ1n) is 27.5. The maximum atomic E-state index is 13.1. The second-order valence-electron chi connectivity index (χ2n) is 19.7. The maximum absolute atomic E-state index is 13.1. The number of aliphatic hydroxyl groups excluding tert-OH is 11. The summed E-state index contributed by atoms with van der Waals surface area (Å²) in [5, 5.41) is 119. The van der Waals surface area contributed by atoms with E-state index in [1.807, 2.05) is 13.0 Å². The van der Waals surface area contributed by atoms with Crippen molar-refractivity contribution in [3.05, 3.63) is 60.8 Å². The summed E-state index contributed by atoms with van der Waals surface area (Å²) in [5.41, 5.74) is 0. The molecule has 3 rings (SSSR count). The molecule has 3 heterocycles. The second-order valence-corrected chi connectivity index (χ2v) is 19.7. The van der Waals surface area contributed by atoms with Crippen LogP contribution in [0.1, 0.15) is 149 Å². The number of nitrogens with one attached hydrogen (secondary N) is 1. The van der Waals surface area contributed by atoms with Crippen LogP contribution in [0.4, 0.5) is 0 Å². The predicted molar refractivity (Wildman–Crippen MR) is 277 cm³/mol. The van der Waals surface area contributed by atoms with Gasteiger partial charge in [0, 0.05) is 6.42 Å². The lowest BCUT2D eigenvalue weighted by molar-refractivity contribution is -0.379. The summed E-state index contributed by atoms with van der Waals surface area (Å²) in [5.74, 6) is -0.292. The van der Waals surface area contributed by atoms with Crippen LogP contribution in [-0.2, 0) is 33.2 Å². The minimum atomic E-state index is -1.98. The van der Waals surface area contributed by atoms with Gasteiger partial charge in [-0.2, -0.15) is 0 Å². The Kier molecular flexibility index (Phi) is 34.6. The van der Waals surface area contributed by atoms with Crippen molar-refractivity contribution < 1.29 is 89.4 Å². The maximum Gasteiger partial charge on any atom is 0.220 e. The van der Waals surface area contributed by atoms with E-state index >= 15 is 0 Å². The Balaban J connectivity index is 1.38. The summed E-state index contributed by atoms with van der Waals surface area (Å²) in [7, 11) is 0. The van der Waals surface area contributed by atoms with Gasteiger partial charge in [0.25, 0.3) is 0 Å². The van der Waals surface area contributed by atoms with Crippen LogP contribution in [0, 0.1) is 0 Å². The minimum Gasteiger partial charge on any atom is -0.394 e. The number of amides is 1. The SMILES string of the molecule is CC/C=C\C/C=C\C/C=C\C/C=C\CCCCCCCCCCCCCCC(=O)NC(COC1OC(CO)C(OC2OC(CO)C(OC3OC(CO)C(O)C(O)C3O)C(O)C2O)C(O)C1O)C(O)/C=C/CCCC. The van der Waals surface area contributed by atoms with Crippen molar-refractivity contribution >= 4 is 5.91 Å². The highest BCUT2D eigenvalue weighted by atomic mass is 16.8. The van der Waals surface area contributed by atoms with Crippen LogP contribution in [0.25, 0.3) is 0 Å². The van der Waals surface area contributed by atoms with Crippen LogP contribution in [0.2, 0.25) is 0 Å². The van der Waals surface area contributed by atoms with Gasteiger partial charge in [0.05, 0.1) is 38.6 Å². The monoisotopic (exact) mass is 1060 g/mol. The molecule has 17 atom stereocenters. The summed E-state index contributed by atoms with van der Waals surface area (Å²) in [6, 6.07) is -0.971. The van der Waals surface area contributed by atoms with Crippen LogP contribution >= 0.6 is 0 Å². The zero-order valence-corrected chi connectivity index (χ0v) is 44.0. The molecule has 0 aromatic rings. The fourth-order valence-electron chi connectivity index (χ4n) is 8.99. The van der Waals surface area contributed by atoms with Crippen molar-refractivity contribution in [2.45, 2.75) is 253 Å². The van der Waals surface area contributed by atoms with Crippen molar-refractivity contribution in [2.75, 3.05) is 26.4 Å². The first-order valence-corrected chi connectivity index (χ1v) is 27.5. The van der Waals surface area contributed by atoms with E-state index < -0.39 is 124 Å². The van der Waals surface area contributed by atoms with Crippen LogP contribution in [0.15, 0.2) is 60.8 Å². The minimum absolute atomic E-state index is 0.236. The average molecular weight is 1060 g/mol. The van der Waals surface area contributed by atoms with Crippen molar-refractivity contribution in [1.29, 1.82) is 0 Å². The number of allylic oxidation sites excluding steroid dienone is 9. The third-order valence-electron chi connectivity index (χ3n) is 13.6. The molecule has 17 unspecified atom stereocenters. The molecule has 3 saturated heterocycles. The molecule has 19 heteroatoms. The van der Waals surface area contributed by atoms with Gasteiger partial charge in [-0.15, -0.1) is 0 Å². The lowest BCUT2D eigenvalue weighted by atomic mass is 9.96. The molecule has 0 radical (unpaired) electrons. The number of carbonyl (C=O) groups is 1. The Morgan fingerprint density at radius 3 is 1.45 bits per heavy atom. The van der Waals surface area contributed by atoms with Gasteiger partial charge in [-0.05, 0) is 51.4 Å². The molecule has 0 aromatic heterocycles. The molecular formula is C55H95NO18. The quantitative estimate of drug-likeness (QED) is 0.0312. The van der Waals surface area contributed by atoms with E-state index in [0.717, 1.165) is 64.2 Å². The zero-order chi connectivity index (χ0) is 54.1. The van der Waals surface area contributed by atoms with Crippen LogP contribution in [0.3, 0.4) is 0 Å². The molecule has 74 heavy (non-hydrogen) atoms. The number of rotatable bonds is 38. The third-order valence-corrected chi connectivity index (χ3v) is 13.6. The normalized spacial score (nSPS) is 31.9. The molecule has 19 nitrogen and oxygen atoms in total. The van der Waals surface area contributed by atoms with Gasteiger partial charge in [-0.1, -0.05) is 152 Å². The molecule has 0 saturated carbocycles. The summed E-state index contributed by atoms with van der Waals surface area (Å²) in [4.78, 5) is 13.1.